The Morgan fingerprint density at radius 2 is 2.05 bits per heavy atom. The Kier molecular flexibility index (Phi) is 3.46. The molecule has 3 aromatic heterocycles. The van der Waals surface area contributed by atoms with Crippen molar-refractivity contribution >= 4 is 17.2 Å². The fourth-order valence-corrected chi connectivity index (χ4v) is 2.18. The zero-order valence-corrected chi connectivity index (χ0v) is 12.1. The minimum atomic E-state index is 0.587. The number of aryl methyl sites for hydroxylation is 2. The first-order valence-corrected chi connectivity index (χ1v) is 6.76. The van der Waals surface area contributed by atoms with Crippen molar-refractivity contribution in [1.82, 2.24) is 19.7 Å². The summed E-state index contributed by atoms with van der Waals surface area (Å²) < 4.78 is 7.43. The average Bonchev–Trinajstić information content (AvgIpc) is 2.93. The van der Waals surface area contributed by atoms with Gasteiger partial charge in [-0.2, -0.15) is 0 Å². The van der Waals surface area contributed by atoms with Gasteiger partial charge in [0.1, 0.15) is 11.4 Å². The van der Waals surface area contributed by atoms with Crippen molar-refractivity contribution in [2.24, 2.45) is 0 Å². The van der Waals surface area contributed by atoms with Crippen molar-refractivity contribution in [3.05, 3.63) is 52.6 Å². The highest BCUT2D eigenvalue weighted by atomic mass is 35.5. The zero-order chi connectivity index (χ0) is 14.1. The predicted octanol–water partition coefficient (Wildman–Crippen LogP) is 2.88. The van der Waals surface area contributed by atoms with Gasteiger partial charge in [0.25, 0.3) is 0 Å². The van der Waals surface area contributed by atoms with Gasteiger partial charge in [-0.15, -0.1) is 0 Å². The van der Waals surface area contributed by atoms with Crippen LogP contribution in [0.5, 0.6) is 0 Å². The lowest BCUT2D eigenvalue weighted by Crippen LogP contribution is -2.13. The number of nitrogens with one attached hydrogen (secondary N) is 1. The Balaban J connectivity index is 1.65. The summed E-state index contributed by atoms with van der Waals surface area (Å²) in [7, 11) is 0. The SMILES string of the molecule is Cc1nc(CNCc2cn3cc(Cl)ccc3n2)oc1C. The fourth-order valence-electron chi connectivity index (χ4n) is 2.01. The molecular weight excluding hydrogens is 276 g/mol. The quantitative estimate of drug-likeness (QED) is 0.803. The maximum Gasteiger partial charge on any atom is 0.208 e. The highest BCUT2D eigenvalue weighted by molar-refractivity contribution is 6.30. The van der Waals surface area contributed by atoms with Gasteiger partial charge in [-0.25, -0.2) is 9.97 Å². The molecule has 3 aromatic rings. The number of fused-ring (bicyclic) bond motifs is 1. The molecular formula is C14H15ClN4O. The lowest BCUT2D eigenvalue weighted by Gasteiger charge is -1.97. The number of oxazole rings is 1. The molecule has 0 aliphatic rings. The summed E-state index contributed by atoms with van der Waals surface area (Å²) in [6, 6.07) is 3.73. The summed E-state index contributed by atoms with van der Waals surface area (Å²) in [5, 5.41) is 3.96. The van der Waals surface area contributed by atoms with E-state index in [1.165, 1.54) is 0 Å². The number of rotatable bonds is 4. The molecule has 0 spiro atoms. The Morgan fingerprint density at radius 1 is 1.20 bits per heavy atom. The number of hydrogen-bond acceptors (Lipinski definition) is 4. The normalized spacial score (nSPS) is 11.3. The highest BCUT2D eigenvalue weighted by Gasteiger charge is 2.06. The van der Waals surface area contributed by atoms with E-state index < -0.39 is 0 Å². The van der Waals surface area contributed by atoms with Crippen LogP contribution in [0.4, 0.5) is 0 Å². The highest BCUT2D eigenvalue weighted by Crippen LogP contribution is 2.12. The summed E-state index contributed by atoms with van der Waals surface area (Å²) in [6.07, 6.45) is 3.80. The Bertz CT molecular complexity index is 727. The lowest BCUT2D eigenvalue weighted by atomic mass is 10.4. The van der Waals surface area contributed by atoms with Crippen LogP contribution in [0.15, 0.2) is 28.9 Å². The Hall–Kier alpha value is -1.85. The molecule has 0 bridgehead atoms. The largest absolute Gasteiger partial charge is 0.444 e. The van der Waals surface area contributed by atoms with E-state index in [-0.39, 0.29) is 0 Å². The second-order valence-corrected chi connectivity index (χ2v) is 5.13. The third kappa shape index (κ3) is 2.69. The second-order valence-electron chi connectivity index (χ2n) is 4.70. The van der Waals surface area contributed by atoms with Crippen molar-refractivity contribution in [2.45, 2.75) is 26.9 Å². The summed E-state index contributed by atoms with van der Waals surface area (Å²) in [6.45, 7) is 5.09. The molecule has 3 rings (SSSR count). The molecule has 104 valence electrons. The molecule has 1 N–H and O–H groups in total. The second kappa shape index (κ2) is 5.26. The summed E-state index contributed by atoms with van der Waals surface area (Å²) in [5.74, 6) is 1.57. The summed E-state index contributed by atoms with van der Waals surface area (Å²) >= 11 is 5.94. The van der Waals surface area contributed by atoms with Gasteiger partial charge in [0.05, 0.1) is 23.0 Å². The number of halogens is 1. The van der Waals surface area contributed by atoms with Crippen molar-refractivity contribution in [3.8, 4) is 0 Å². The molecule has 0 aliphatic heterocycles. The molecule has 0 fully saturated rings. The molecule has 0 amide bonds. The van der Waals surface area contributed by atoms with E-state index in [0.717, 1.165) is 22.8 Å². The number of imidazole rings is 1. The summed E-state index contributed by atoms with van der Waals surface area (Å²) in [4.78, 5) is 8.82. The molecule has 5 nitrogen and oxygen atoms in total. The first-order valence-electron chi connectivity index (χ1n) is 6.38. The molecule has 0 aliphatic carbocycles. The van der Waals surface area contributed by atoms with Gasteiger partial charge in [0.15, 0.2) is 0 Å². The minimum Gasteiger partial charge on any atom is -0.444 e. The van der Waals surface area contributed by atoms with Gasteiger partial charge in [0.2, 0.25) is 5.89 Å². The molecule has 0 saturated carbocycles. The van der Waals surface area contributed by atoms with Crippen molar-refractivity contribution in [2.75, 3.05) is 0 Å². The van der Waals surface area contributed by atoms with E-state index in [0.29, 0.717) is 24.0 Å². The van der Waals surface area contributed by atoms with E-state index in [1.54, 1.807) is 0 Å². The number of aromatic nitrogens is 3. The van der Waals surface area contributed by atoms with Crippen LogP contribution in [0.25, 0.3) is 5.65 Å². The van der Waals surface area contributed by atoms with Gasteiger partial charge in [0, 0.05) is 18.9 Å². The van der Waals surface area contributed by atoms with Crippen LogP contribution in [0.2, 0.25) is 5.02 Å². The van der Waals surface area contributed by atoms with E-state index in [1.807, 2.05) is 42.8 Å². The van der Waals surface area contributed by atoms with E-state index in [9.17, 15) is 0 Å². The van der Waals surface area contributed by atoms with Crippen LogP contribution in [0, 0.1) is 13.8 Å². The van der Waals surface area contributed by atoms with Crippen LogP contribution in [0.1, 0.15) is 23.0 Å². The first-order chi connectivity index (χ1) is 9.61. The minimum absolute atomic E-state index is 0.587. The Morgan fingerprint density at radius 3 is 2.80 bits per heavy atom. The van der Waals surface area contributed by atoms with E-state index in [4.69, 9.17) is 16.0 Å². The molecule has 3 heterocycles. The number of nitrogens with zero attached hydrogens (tertiary/aromatic N) is 3. The topological polar surface area (TPSA) is 55.4 Å². The third-order valence-corrected chi connectivity index (χ3v) is 3.34. The van der Waals surface area contributed by atoms with Gasteiger partial charge >= 0.3 is 0 Å². The van der Waals surface area contributed by atoms with E-state index in [2.05, 4.69) is 15.3 Å². The molecule has 0 unspecified atom stereocenters. The van der Waals surface area contributed by atoms with Crippen molar-refractivity contribution in [3.63, 3.8) is 0 Å². The smallest absolute Gasteiger partial charge is 0.208 e. The zero-order valence-electron chi connectivity index (χ0n) is 11.4. The molecule has 0 atom stereocenters. The summed E-state index contributed by atoms with van der Waals surface area (Å²) in [5.41, 5.74) is 2.77. The standard InChI is InChI=1S/C14H15ClN4O/c1-9-10(2)20-14(17-9)6-16-5-12-8-19-7-11(15)3-4-13(19)18-12/h3-4,7-8,16H,5-6H2,1-2H3. The molecule has 0 saturated heterocycles. The maximum absolute atomic E-state index is 5.94. The van der Waals surface area contributed by atoms with Gasteiger partial charge < -0.3 is 14.1 Å². The number of hydrogen-bond donors (Lipinski definition) is 1. The van der Waals surface area contributed by atoms with Crippen molar-refractivity contribution < 1.29 is 4.42 Å². The van der Waals surface area contributed by atoms with Crippen LogP contribution in [0.3, 0.4) is 0 Å². The van der Waals surface area contributed by atoms with Crippen molar-refractivity contribution in [1.29, 1.82) is 0 Å². The van der Waals surface area contributed by atoms with Gasteiger partial charge in [-0.05, 0) is 26.0 Å². The molecule has 20 heavy (non-hydrogen) atoms. The van der Waals surface area contributed by atoms with Crippen LogP contribution in [-0.2, 0) is 13.1 Å². The molecule has 6 heteroatoms. The Labute approximate surface area is 121 Å². The van der Waals surface area contributed by atoms with Crippen LogP contribution >= 0.6 is 11.6 Å². The number of pyridine rings is 1. The predicted molar refractivity (Wildman–Crippen MR) is 76.7 cm³/mol. The fraction of sp³-hybridized carbons (Fsp3) is 0.286. The van der Waals surface area contributed by atoms with Gasteiger partial charge in [-0.3, -0.25) is 0 Å². The third-order valence-electron chi connectivity index (χ3n) is 3.12. The lowest BCUT2D eigenvalue weighted by molar-refractivity contribution is 0.448. The molecule has 0 radical (unpaired) electrons. The molecule has 0 aromatic carbocycles. The average molecular weight is 291 g/mol. The monoisotopic (exact) mass is 290 g/mol. The van der Waals surface area contributed by atoms with Crippen LogP contribution in [-0.4, -0.2) is 14.4 Å². The van der Waals surface area contributed by atoms with E-state index >= 15 is 0 Å². The van der Waals surface area contributed by atoms with Crippen LogP contribution < -0.4 is 5.32 Å². The first kappa shape index (κ1) is 13.1. The maximum atomic E-state index is 5.94. The van der Waals surface area contributed by atoms with Gasteiger partial charge in [-0.1, -0.05) is 11.6 Å².